The van der Waals surface area contributed by atoms with Crippen LogP contribution in [0.2, 0.25) is 0 Å². The van der Waals surface area contributed by atoms with Gasteiger partial charge in [-0.2, -0.15) is 0 Å². The summed E-state index contributed by atoms with van der Waals surface area (Å²) in [5.41, 5.74) is 0.803. The third-order valence-electron chi connectivity index (χ3n) is 5.41. The van der Waals surface area contributed by atoms with E-state index in [1.807, 2.05) is 30.3 Å². The van der Waals surface area contributed by atoms with E-state index in [-0.39, 0.29) is 30.7 Å². The number of halogens is 1. The first kappa shape index (κ1) is 19.8. The lowest BCUT2D eigenvalue weighted by Crippen LogP contribution is -2.33. The van der Waals surface area contributed by atoms with Crippen LogP contribution in [0.5, 0.6) is 0 Å². The fourth-order valence-corrected chi connectivity index (χ4v) is 4.25. The molecule has 2 amide bonds. The second kappa shape index (κ2) is 8.90. The summed E-state index contributed by atoms with van der Waals surface area (Å²) < 4.78 is 0.904. The Morgan fingerprint density at radius 3 is 2.83 bits per heavy atom. The SMILES string of the molecule is O=C(NCc1nccc(N2CCCCC2)n1)C1CC(=O)N(c2cccc(Br)c2)C1. The molecule has 2 saturated heterocycles. The summed E-state index contributed by atoms with van der Waals surface area (Å²) in [6.07, 6.45) is 5.58. The predicted octanol–water partition coefficient (Wildman–Crippen LogP) is 2.90. The summed E-state index contributed by atoms with van der Waals surface area (Å²) in [6, 6.07) is 9.47. The normalized spacial score (nSPS) is 19.5. The molecule has 4 rings (SSSR count). The minimum absolute atomic E-state index is 0.0356. The van der Waals surface area contributed by atoms with Gasteiger partial charge >= 0.3 is 0 Å². The summed E-state index contributed by atoms with van der Waals surface area (Å²) in [4.78, 5) is 37.8. The topological polar surface area (TPSA) is 78.4 Å². The average molecular weight is 458 g/mol. The first-order valence-corrected chi connectivity index (χ1v) is 10.8. The molecule has 2 aliphatic rings. The number of carbonyl (C=O) groups is 2. The van der Waals surface area contributed by atoms with Crippen LogP contribution in [0, 0.1) is 5.92 Å². The highest BCUT2D eigenvalue weighted by Gasteiger charge is 2.35. The predicted molar refractivity (Wildman–Crippen MR) is 115 cm³/mol. The molecule has 152 valence electrons. The van der Waals surface area contributed by atoms with Gasteiger partial charge in [0, 0.05) is 42.4 Å². The van der Waals surface area contributed by atoms with Gasteiger partial charge in [-0.15, -0.1) is 0 Å². The number of nitrogens with zero attached hydrogens (tertiary/aromatic N) is 4. The molecule has 3 heterocycles. The molecule has 2 aliphatic heterocycles. The van der Waals surface area contributed by atoms with Crippen LogP contribution in [-0.2, 0) is 16.1 Å². The van der Waals surface area contributed by atoms with Gasteiger partial charge in [0.05, 0.1) is 12.5 Å². The molecule has 1 aromatic heterocycles. The maximum Gasteiger partial charge on any atom is 0.227 e. The van der Waals surface area contributed by atoms with Crippen molar-refractivity contribution in [1.29, 1.82) is 0 Å². The lowest BCUT2D eigenvalue weighted by molar-refractivity contribution is -0.126. The Morgan fingerprint density at radius 1 is 1.21 bits per heavy atom. The van der Waals surface area contributed by atoms with Crippen molar-refractivity contribution >= 4 is 39.2 Å². The van der Waals surface area contributed by atoms with E-state index in [2.05, 4.69) is 36.1 Å². The van der Waals surface area contributed by atoms with Crippen LogP contribution in [0.25, 0.3) is 0 Å². The number of carbonyl (C=O) groups excluding carboxylic acids is 2. The molecule has 29 heavy (non-hydrogen) atoms. The second-order valence-corrected chi connectivity index (χ2v) is 8.40. The largest absolute Gasteiger partial charge is 0.357 e. The van der Waals surface area contributed by atoms with E-state index in [9.17, 15) is 9.59 Å². The Balaban J connectivity index is 1.35. The van der Waals surface area contributed by atoms with Gasteiger partial charge < -0.3 is 15.1 Å². The fraction of sp³-hybridized carbons (Fsp3) is 0.429. The number of amides is 2. The maximum absolute atomic E-state index is 12.6. The van der Waals surface area contributed by atoms with E-state index in [1.54, 1.807) is 11.1 Å². The van der Waals surface area contributed by atoms with Gasteiger partial charge in [0.15, 0.2) is 0 Å². The number of aromatic nitrogens is 2. The summed E-state index contributed by atoms with van der Waals surface area (Å²) in [5, 5.41) is 2.90. The molecule has 8 heteroatoms. The number of rotatable bonds is 5. The molecule has 1 N–H and O–H groups in total. The minimum atomic E-state index is -0.369. The number of piperidine rings is 1. The van der Waals surface area contributed by atoms with Crippen molar-refractivity contribution in [2.45, 2.75) is 32.2 Å². The quantitative estimate of drug-likeness (QED) is 0.746. The first-order valence-electron chi connectivity index (χ1n) is 10.0. The van der Waals surface area contributed by atoms with Crippen LogP contribution >= 0.6 is 15.9 Å². The lowest BCUT2D eigenvalue weighted by atomic mass is 10.1. The summed E-state index contributed by atoms with van der Waals surface area (Å²) in [6.45, 7) is 2.68. The molecular weight excluding hydrogens is 434 g/mol. The molecule has 2 aromatic rings. The van der Waals surface area contributed by atoms with E-state index in [0.717, 1.165) is 29.1 Å². The van der Waals surface area contributed by atoms with Gasteiger partial charge in [-0.1, -0.05) is 22.0 Å². The minimum Gasteiger partial charge on any atom is -0.357 e. The van der Waals surface area contributed by atoms with Gasteiger partial charge in [-0.3, -0.25) is 9.59 Å². The number of anilines is 2. The van der Waals surface area contributed by atoms with Crippen molar-refractivity contribution in [2.24, 2.45) is 5.92 Å². The molecule has 0 saturated carbocycles. The Hall–Kier alpha value is -2.48. The summed E-state index contributed by atoms with van der Waals surface area (Å²) in [7, 11) is 0. The van der Waals surface area contributed by atoms with Crippen molar-refractivity contribution in [3.05, 3.63) is 46.8 Å². The van der Waals surface area contributed by atoms with Gasteiger partial charge in [-0.05, 0) is 43.5 Å². The summed E-state index contributed by atoms with van der Waals surface area (Å²) >= 11 is 3.42. The molecule has 2 fully saturated rings. The van der Waals surface area contributed by atoms with E-state index in [0.29, 0.717) is 12.4 Å². The molecule has 1 unspecified atom stereocenters. The number of benzene rings is 1. The van der Waals surface area contributed by atoms with Crippen molar-refractivity contribution < 1.29 is 9.59 Å². The zero-order valence-electron chi connectivity index (χ0n) is 16.2. The molecule has 0 bridgehead atoms. The van der Waals surface area contributed by atoms with E-state index < -0.39 is 0 Å². The Kier molecular flexibility index (Phi) is 6.08. The fourth-order valence-electron chi connectivity index (χ4n) is 3.86. The van der Waals surface area contributed by atoms with Gasteiger partial charge in [0.1, 0.15) is 11.6 Å². The second-order valence-electron chi connectivity index (χ2n) is 7.48. The van der Waals surface area contributed by atoms with Crippen molar-refractivity contribution in [2.75, 3.05) is 29.4 Å². The Labute approximate surface area is 178 Å². The molecule has 0 radical (unpaired) electrons. The van der Waals surface area contributed by atoms with Crippen molar-refractivity contribution in [1.82, 2.24) is 15.3 Å². The number of nitrogens with one attached hydrogen (secondary N) is 1. The zero-order chi connectivity index (χ0) is 20.2. The van der Waals surface area contributed by atoms with Crippen LogP contribution in [-0.4, -0.2) is 41.4 Å². The highest BCUT2D eigenvalue weighted by Crippen LogP contribution is 2.27. The smallest absolute Gasteiger partial charge is 0.227 e. The monoisotopic (exact) mass is 457 g/mol. The molecule has 0 spiro atoms. The molecule has 1 atom stereocenters. The van der Waals surface area contributed by atoms with Crippen LogP contribution in [0.3, 0.4) is 0 Å². The third-order valence-corrected chi connectivity index (χ3v) is 5.90. The maximum atomic E-state index is 12.6. The standard InChI is InChI=1S/C21H24BrN5O2/c22-16-5-4-6-17(12-16)27-14-15(11-20(27)28)21(29)24-13-18-23-8-7-19(25-18)26-9-2-1-3-10-26/h4-8,12,15H,1-3,9-11,13-14H2,(H,24,29). The van der Waals surface area contributed by atoms with Gasteiger partial charge in [0.2, 0.25) is 11.8 Å². The summed E-state index contributed by atoms with van der Waals surface area (Å²) in [5.74, 6) is 0.969. The lowest BCUT2D eigenvalue weighted by Gasteiger charge is -2.27. The highest BCUT2D eigenvalue weighted by molar-refractivity contribution is 9.10. The average Bonchev–Trinajstić information content (AvgIpc) is 3.15. The molecule has 1 aromatic carbocycles. The van der Waals surface area contributed by atoms with Gasteiger partial charge in [-0.25, -0.2) is 9.97 Å². The highest BCUT2D eigenvalue weighted by atomic mass is 79.9. The number of hydrogen-bond acceptors (Lipinski definition) is 5. The van der Waals surface area contributed by atoms with E-state index in [4.69, 9.17) is 0 Å². The van der Waals surface area contributed by atoms with Crippen LogP contribution in [0.15, 0.2) is 41.0 Å². The Morgan fingerprint density at radius 2 is 2.03 bits per heavy atom. The van der Waals surface area contributed by atoms with Crippen LogP contribution in [0.4, 0.5) is 11.5 Å². The van der Waals surface area contributed by atoms with Crippen molar-refractivity contribution in [3.8, 4) is 0 Å². The first-order chi connectivity index (χ1) is 14.1. The van der Waals surface area contributed by atoms with E-state index in [1.165, 1.54) is 19.3 Å². The molecular formula is C21H24BrN5O2. The van der Waals surface area contributed by atoms with Crippen molar-refractivity contribution in [3.63, 3.8) is 0 Å². The molecule has 0 aliphatic carbocycles. The van der Waals surface area contributed by atoms with E-state index >= 15 is 0 Å². The Bertz CT molecular complexity index is 900. The zero-order valence-corrected chi connectivity index (χ0v) is 17.8. The number of hydrogen-bond donors (Lipinski definition) is 1. The molecule has 7 nitrogen and oxygen atoms in total. The van der Waals surface area contributed by atoms with Crippen LogP contribution < -0.4 is 15.1 Å². The van der Waals surface area contributed by atoms with Gasteiger partial charge in [0.25, 0.3) is 0 Å². The van der Waals surface area contributed by atoms with Crippen LogP contribution in [0.1, 0.15) is 31.5 Å². The third kappa shape index (κ3) is 4.75.